The fourth-order valence-electron chi connectivity index (χ4n) is 7.54. The quantitative estimate of drug-likeness (QED) is 0.312. The summed E-state index contributed by atoms with van der Waals surface area (Å²) in [5.41, 5.74) is 0.493. The SMILES string of the molecule is CC(C)N1CCCC1c1cc(O)c2c(c1OC(F)(F)F)C[C@H]1C[C@H]3[C@H](N(C)C)C(=O)C(C(N)=O)=C(O)[C@@]3(O)C(=O)C1=C2O. The first kappa shape index (κ1) is 30.8. The summed E-state index contributed by atoms with van der Waals surface area (Å²) in [5, 5.41) is 45.1. The molecule has 2 fully saturated rings. The number of fused-ring (bicyclic) bond motifs is 3. The van der Waals surface area contributed by atoms with Crippen LogP contribution < -0.4 is 10.5 Å². The Morgan fingerprint density at radius 3 is 2.42 bits per heavy atom. The number of rotatable bonds is 5. The van der Waals surface area contributed by atoms with E-state index < -0.39 is 93.1 Å². The van der Waals surface area contributed by atoms with Crippen molar-refractivity contribution < 1.29 is 52.7 Å². The van der Waals surface area contributed by atoms with Gasteiger partial charge in [-0.05, 0) is 72.2 Å². The van der Waals surface area contributed by atoms with Gasteiger partial charge in [0.2, 0.25) is 5.78 Å². The number of primary amides is 1. The maximum absolute atomic E-state index is 14.0. The Hall–Kier alpha value is -3.62. The lowest BCUT2D eigenvalue weighted by atomic mass is 9.57. The van der Waals surface area contributed by atoms with Gasteiger partial charge in [-0.25, -0.2) is 0 Å². The molecule has 5 rings (SSSR count). The van der Waals surface area contributed by atoms with Crippen molar-refractivity contribution in [3.8, 4) is 11.5 Å². The van der Waals surface area contributed by atoms with Gasteiger partial charge in [-0.15, -0.1) is 13.2 Å². The number of halogens is 3. The van der Waals surface area contributed by atoms with Crippen molar-refractivity contribution in [2.24, 2.45) is 17.6 Å². The van der Waals surface area contributed by atoms with Crippen LogP contribution in [0, 0.1) is 11.8 Å². The van der Waals surface area contributed by atoms with Gasteiger partial charge < -0.3 is 30.9 Å². The smallest absolute Gasteiger partial charge is 0.508 e. The van der Waals surface area contributed by atoms with Crippen LogP contribution in [0.25, 0.3) is 5.76 Å². The number of nitrogens with zero attached hydrogens (tertiary/aromatic N) is 2. The second kappa shape index (κ2) is 10.2. The number of aliphatic hydroxyl groups is 3. The topological polar surface area (TPSA) is 174 Å². The van der Waals surface area contributed by atoms with Crippen molar-refractivity contribution in [3.63, 3.8) is 0 Å². The Balaban J connectivity index is 1.74. The zero-order valence-electron chi connectivity index (χ0n) is 24.0. The lowest BCUT2D eigenvalue weighted by Gasteiger charge is -2.50. The molecule has 14 heteroatoms. The average molecular weight is 610 g/mol. The fraction of sp³-hybridized carbons (Fsp3) is 0.552. The highest BCUT2D eigenvalue weighted by Gasteiger charge is 2.64. The molecule has 1 saturated heterocycles. The summed E-state index contributed by atoms with van der Waals surface area (Å²) in [5.74, 6) is -9.27. The highest BCUT2D eigenvalue weighted by molar-refractivity contribution is 6.24. The molecule has 5 atom stereocenters. The number of hydrogen-bond donors (Lipinski definition) is 5. The molecule has 0 bridgehead atoms. The van der Waals surface area contributed by atoms with E-state index in [2.05, 4.69) is 4.74 Å². The Kier molecular flexibility index (Phi) is 7.34. The molecule has 1 saturated carbocycles. The van der Waals surface area contributed by atoms with Crippen molar-refractivity contribution in [1.82, 2.24) is 9.80 Å². The molecule has 1 aromatic carbocycles. The minimum atomic E-state index is -5.13. The third kappa shape index (κ3) is 4.57. The van der Waals surface area contributed by atoms with Gasteiger partial charge in [-0.2, -0.15) is 0 Å². The number of aliphatic hydroxyl groups excluding tert-OH is 2. The van der Waals surface area contributed by atoms with E-state index in [4.69, 9.17) is 5.73 Å². The maximum atomic E-state index is 14.0. The fourth-order valence-corrected chi connectivity index (χ4v) is 7.54. The molecule has 0 spiro atoms. The Morgan fingerprint density at radius 1 is 1.21 bits per heavy atom. The highest BCUT2D eigenvalue weighted by atomic mass is 19.4. The molecule has 1 unspecified atom stereocenters. The minimum absolute atomic E-state index is 0.0317. The van der Waals surface area contributed by atoms with Crippen molar-refractivity contribution in [2.45, 2.75) is 69.6 Å². The van der Waals surface area contributed by atoms with Crippen molar-refractivity contribution >= 4 is 23.2 Å². The van der Waals surface area contributed by atoms with Crippen LogP contribution in [0.3, 0.4) is 0 Å². The number of carbonyl (C=O) groups excluding carboxylic acids is 3. The third-order valence-electron chi connectivity index (χ3n) is 9.23. The summed E-state index contributed by atoms with van der Waals surface area (Å²) in [6, 6.07) is -0.781. The molecule has 1 amide bonds. The molecule has 4 aliphatic rings. The number of ether oxygens (including phenoxy) is 1. The zero-order chi connectivity index (χ0) is 31.9. The monoisotopic (exact) mass is 609 g/mol. The van der Waals surface area contributed by atoms with E-state index in [0.717, 1.165) is 6.07 Å². The van der Waals surface area contributed by atoms with Crippen LogP contribution in [0.4, 0.5) is 13.2 Å². The molecule has 1 aliphatic heterocycles. The molecule has 3 aliphatic carbocycles. The molecule has 1 aromatic rings. The molecular formula is C29H34F3N3O8. The first-order chi connectivity index (χ1) is 19.9. The number of nitrogens with two attached hydrogens (primary N) is 1. The van der Waals surface area contributed by atoms with Crippen molar-refractivity contribution in [2.75, 3.05) is 20.6 Å². The Morgan fingerprint density at radius 2 is 1.86 bits per heavy atom. The number of phenols is 1. The van der Waals surface area contributed by atoms with E-state index in [1.165, 1.54) is 19.0 Å². The number of likely N-dealkylation sites (tertiary alicyclic amines) is 1. The molecule has 0 aromatic heterocycles. The van der Waals surface area contributed by atoms with Crippen molar-refractivity contribution in [3.05, 3.63) is 39.7 Å². The van der Waals surface area contributed by atoms with Gasteiger partial charge in [0.15, 0.2) is 11.4 Å². The number of likely N-dealkylation sites (N-methyl/N-ethyl adjacent to an activating group) is 1. The van der Waals surface area contributed by atoms with E-state index in [0.29, 0.717) is 19.4 Å². The summed E-state index contributed by atoms with van der Waals surface area (Å²) in [7, 11) is 2.91. The van der Waals surface area contributed by atoms with E-state index in [1.54, 1.807) is 0 Å². The van der Waals surface area contributed by atoms with Crippen LogP contribution in [0.2, 0.25) is 0 Å². The second-order valence-electron chi connectivity index (χ2n) is 12.2. The lowest BCUT2D eigenvalue weighted by molar-refractivity contribution is -0.275. The Bertz CT molecular complexity index is 1480. The van der Waals surface area contributed by atoms with E-state index in [-0.39, 0.29) is 30.0 Å². The summed E-state index contributed by atoms with van der Waals surface area (Å²) in [4.78, 5) is 42.7. The second-order valence-corrected chi connectivity index (χ2v) is 12.2. The standard InChI is InChI=1S/C29H34F3N3O8/c1-11(2)35-7-5-6-16(35)13-10-17(36)19-14(24(13)43-29(30,31)32)8-12-9-15-21(34(3)4)23(38)20(27(33)41)26(40)28(15,42)25(39)18(12)22(19)37/h10-12,15-16,21,36-37,40,42H,5-9H2,1-4H3,(H2,33,41)/t12-,15-,16?,21-,28-/m0/s1. The van der Waals surface area contributed by atoms with E-state index >= 15 is 0 Å². The van der Waals surface area contributed by atoms with Gasteiger partial charge in [0.25, 0.3) is 5.91 Å². The number of hydrogen-bond acceptors (Lipinski definition) is 10. The first-order valence-corrected chi connectivity index (χ1v) is 14.0. The highest BCUT2D eigenvalue weighted by Crippen LogP contribution is 2.55. The summed E-state index contributed by atoms with van der Waals surface area (Å²) in [6.07, 6.45) is -4.52. The van der Waals surface area contributed by atoms with Crippen LogP contribution in [-0.4, -0.2) is 92.4 Å². The predicted octanol–water partition coefficient (Wildman–Crippen LogP) is 2.41. The molecule has 234 valence electrons. The van der Waals surface area contributed by atoms with Gasteiger partial charge in [-0.3, -0.25) is 24.2 Å². The van der Waals surface area contributed by atoms with Crippen LogP contribution >= 0.6 is 0 Å². The summed E-state index contributed by atoms with van der Waals surface area (Å²) >= 11 is 0. The lowest BCUT2D eigenvalue weighted by Crippen LogP contribution is -2.65. The number of ketones is 2. The largest absolute Gasteiger partial charge is 0.573 e. The number of Topliss-reactive ketones (excluding diaryl/α,β-unsaturated/α-hetero) is 2. The summed E-state index contributed by atoms with van der Waals surface area (Å²) in [6.45, 7) is 4.41. The number of aromatic hydroxyl groups is 1. The van der Waals surface area contributed by atoms with Gasteiger partial charge in [-0.1, -0.05) is 0 Å². The van der Waals surface area contributed by atoms with Crippen LogP contribution in [0.1, 0.15) is 55.8 Å². The predicted molar refractivity (Wildman–Crippen MR) is 145 cm³/mol. The van der Waals surface area contributed by atoms with Crippen LogP contribution in [0.5, 0.6) is 11.5 Å². The van der Waals surface area contributed by atoms with Gasteiger partial charge in [0, 0.05) is 34.7 Å². The van der Waals surface area contributed by atoms with Gasteiger partial charge >= 0.3 is 6.36 Å². The van der Waals surface area contributed by atoms with Crippen molar-refractivity contribution in [1.29, 1.82) is 0 Å². The molecule has 0 radical (unpaired) electrons. The molecule has 6 N–H and O–H groups in total. The van der Waals surface area contributed by atoms with E-state index in [1.807, 2.05) is 18.7 Å². The number of alkyl halides is 3. The number of phenolic OH excluding ortho intramolecular Hbond substituents is 1. The number of amides is 1. The average Bonchev–Trinajstić information content (AvgIpc) is 3.37. The van der Waals surface area contributed by atoms with E-state index in [9.17, 15) is 48.0 Å². The molecular weight excluding hydrogens is 575 g/mol. The molecule has 1 heterocycles. The molecule has 11 nitrogen and oxygen atoms in total. The maximum Gasteiger partial charge on any atom is 0.573 e. The van der Waals surface area contributed by atoms with Gasteiger partial charge in [0.05, 0.1) is 11.6 Å². The zero-order valence-corrected chi connectivity index (χ0v) is 24.0. The number of carbonyl (C=O) groups is 3. The number of benzene rings is 1. The third-order valence-corrected chi connectivity index (χ3v) is 9.23. The normalized spacial score (nSPS) is 29.7. The first-order valence-electron chi connectivity index (χ1n) is 14.0. The minimum Gasteiger partial charge on any atom is -0.508 e. The van der Waals surface area contributed by atoms with Gasteiger partial charge in [0.1, 0.15) is 28.6 Å². The Labute approximate surface area is 245 Å². The molecule has 43 heavy (non-hydrogen) atoms. The van der Waals surface area contributed by atoms with Crippen LogP contribution in [-0.2, 0) is 20.8 Å². The summed E-state index contributed by atoms with van der Waals surface area (Å²) < 4.78 is 46.1. The van der Waals surface area contributed by atoms with Crippen LogP contribution in [0.15, 0.2) is 23.0 Å².